The van der Waals surface area contributed by atoms with E-state index >= 15 is 4.39 Å². The minimum atomic E-state index is -0.675. The van der Waals surface area contributed by atoms with Crippen LogP contribution in [0.5, 0.6) is 0 Å². The summed E-state index contributed by atoms with van der Waals surface area (Å²) in [5.74, 6) is -1.27. The highest BCUT2D eigenvalue weighted by Crippen LogP contribution is 2.38. The monoisotopic (exact) mass is 504 g/mol. The Kier molecular flexibility index (Phi) is 6.43. The number of nitrogens with one attached hydrogen (secondary N) is 1. The van der Waals surface area contributed by atoms with Crippen molar-refractivity contribution in [1.82, 2.24) is 19.7 Å². The van der Waals surface area contributed by atoms with Gasteiger partial charge in [-0.3, -0.25) is 14.3 Å². The van der Waals surface area contributed by atoms with Crippen molar-refractivity contribution in [3.05, 3.63) is 98.2 Å². The number of rotatable bonds is 6. The van der Waals surface area contributed by atoms with Gasteiger partial charge in [0.05, 0.1) is 29.2 Å². The van der Waals surface area contributed by atoms with Crippen molar-refractivity contribution < 1.29 is 13.6 Å². The van der Waals surface area contributed by atoms with Gasteiger partial charge in [-0.05, 0) is 63.3 Å². The second-order valence-corrected chi connectivity index (χ2v) is 9.98. The molecule has 0 saturated heterocycles. The van der Waals surface area contributed by atoms with Crippen LogP contribution in [0.4, 0.5) is 8.78 Å². The molecule has 8 heteroatoms. The minimum Gasteiger partial charge on any atom is -0.345 e. The summed E-state index contributed by atoms with van der Waals surface area (Å²) in [6, 6.07) is 10.2. The summed E-state index contributed by atoms with van der Waals surface area (Å²) in [6.07, 6.45) is 2.90. The smallest absolute Gasteiger partial charge is 0.261 e. The lowest BCUT2D eigenvalue weighted by molar-refractivity contribution is 0.0900. The molecule has 1 aliphatic carbocycles. The number of benzene rings is 2. The summed E-state index contributed by atoms with van der Waals surface area (Å²) in [5, 5.41) is 7.69. The number of fused-ring (bicyclic) bond motifs is 1. The molecule has 1 fully saturated rings. The fraction of sp³-hybridized carbons (Fsp3) is 0.345. The number of carbonyl (C=O) groups excluding carboxylic acids is 1. The highest BCUT2D eigenvalue weighted by molar-refractivity contribution is 6.08. The van der Waals surface area contributed by atoms with Gasteiger partial charge in [-0.1, -0.05) is 30.7 Å². The number of aromatic nitrogens is 3. The molecular formula is C29H30F2N4O2. The topological polar surface area (TPSA) is 68.9 Å². The van der Waals surface area contributed by atoms with Crippen LogP contribution >= 0.6 is 0 Å². The molecule has 4 aromatic rings. The summed E-state index contributed by atoms with van der Waals surface area (Å²) >= 11 is 0. The number of carbonyl (C=O) groups is 1. The molecule has 6 nitrogen and oxygen atoms in total. The van der Waals surface area contributed by atoms with E-state index in [0.717, 1.165) is 36.2 Å². The van der Waals surface area contributed by atoms with Crippen LogP contribution in [-0.2, 0) is 13.6 Å². The van der Waals surface area contributed by atoms with Gasteiger partial charge in [-0.15, -0.1) is 0 Å². The van der Waals surface area contributed by atoms with Crippen molar-refractivity contribution in [2.45, 2.75) is 52.6 Å². The van der Waals surface area contributed by atoms with E-state index in [1.165, 1.54) is 28.8 Å². The maximum absolute atomic E-state index is 15.1. The van der Waals surface area contributed by atoms with Crippen molar-refractivity contribution >= 4 is 16.7 Å². The summed E-state index contributed by atoms with van der Waals surface area (Å²) in [4.78, 5) is 27.4. The lowest BCUT2D eigenvalue weighted by atomic mass is 9.77. The molecule has 2 heterocycles. The average Bonchev–Trinajstić information content (AvgIpc) is 3.05. The first-order valence-electron chi connectivity index (χ1n) is 12.5. The zero-order chi connectivity index (χ0) is 26.4. The lowest BCUT2D eigenvalue weighted by Gasteiger charge is -2.35. The van der Waals surface area contributed by atoms with E-state index in [9.17, 15) is 14.0 Å². The Balaban J connectivity index is 1.65. The number of hydrogen-bond donors (Lipinski definition) is 1. The van der Waals surface area contributed by atoms with Gasteiger partial charge in [-0.25, -0.2) is 8.78 Å². The molecule has 37 heavy (non-hydrogen) atoms. The first-order valence-corrected chi connectivity index (χ1v) is 12.5. The Morgan fingerprint density at radius 2 is 1.84 bits per heavy atom. The van der Waals surface area contributed by atoms with Crippen molar-refractivity contribution in [1.29, 1.82) is 0 Å². The highest BCUT2D eigenvalue weighted by atomic mass is 19.1. The Bertz CT molecular complexity index is 1580. The Labute approximate surface area is 213 Å². The van der Waals surface area contributed by atoms with Crippen LogP contribution in [0.1, 0.15) is 63.9 Å². The molecule has 1 amide bonds. The number of aryl methyl sites for hydroxylation is 2. The molecule has 2 aromatic carbocycles. The van der Waals surface area contributed by atoms with Gasteiger partial charge in [0.15, 0.2) is 0 Å². The van der Waals surface area contributed by atoms with Gasteiger partial charge >= 0.3 is 0 Å². The Morgan fingerprint density at radius 1 is 1.11 bits per heavy atom. The van der Waals surface area contributed by atoms with Crippen molar-refractivity contribution in [2.24, 2.45) is 13.0 Å². The van der Waals surface area contributed by atoms with Crippen LogP contribution in [0.25, 0.3) is 10.8 Å². The molecule has 192 valence electrons. The molecule has 0 radical (unpaired) electrons. The van der Waals surface area contributed by atoms with E-state index in [2.05, 4.69) is 10.4 Å². The number of amides is 1. The second kappa shape index (κ2) is 9.57. The van der Waals surface area contributed by atoms with Gasteiger partial charge in [-0.2, -0.15) is 5.10 Å². The first kappa shape index (κ1) is 24.9. The zero-order valence-corrected chi connectivity index (χ0v) is 21.4. The Morgan fingerprint density at radius 3 is 2.46 bits per heavy atom. The van der Waals surface area contributed by atoms with Gasteiger partial charge in [0.25, 0.3) is 11.5 Å². The maximum Gasteiger partial charge on any atom is 0.261 e. The van der Waals surface area contributed by atoms with E-state index < -0.39 is 17.3 Å². The van der Waals surface area contributed by atoms with Crippen LogP contribution in [0.15, 0.2) is 47.3 Å². The third-order valence-corrected chi connectivity index (χ3v) is 7.83. The maximum atomic E-state index is 15.1. The molecule has 1 saturated carbocycles. The third-order valence-electron chi connectivity index (χ3n) is 7.83. The van der Waals surface area contributed by atoms with Crippen LogP contribution in [-0.4, -0.2) is 20.3 Å². The highest BCUT2D eigenvalue weighted by Gasteiger charge is 2.32. The normalized spacial score (nSPS) is 14.5. The summed E-state index contributed by atoms with van der Waals surface area (Å²) in [6.45, 7) is 5.65. The van der Waals surface area contributed by atoms with Crippen molar-refractivity contribution in [2.75, 3.05) is 0 Å². The molecule has 5 rings (SSSR count). The predicted molar refractivity (Wildman–Crippen MR) is 139 cm³/mol. The van der Waals surface area contributed by atoms with E-state index in [4.69, 9.17) is 0 Å². The fourth-order valence-electron chi connectivity index (χ4n) is 5.41. The summed E-state index contributed by atoms with van der Waals surface area (Å²) in [5.41, 5.74) is 3.39. The van der Waals surface area contributed by atoms with Gasteiger partial charge in [0.2, 0.25) is 0 Å². The number of hydrogen-bond acceptors (Lipinski definition) is 3. The van der Waals surface area contributed by atoms with Crippen LogP contribution in [0, 0.1) is 38.3 Å². The van der Waals surface area contributed by atoms with E-state index in [-0.39, 0.29) is 40.7 Å². The predicted octanol–water partition coefficient (Wildman–Crippen LogP) is 5.26. The molecule has 1 aliphatic rings. The van der Waals surface area contributed by atoms with Crippen molar-refractivity contribution in [3.8, 4) is 0 Å². The van der Waals surface area contributed by atoms with Gasteiger partial charge in [0.1, 0.15) is 11.6 Å². The summed E-state index contributed by atoms with van der Waals surface area (Å²) in [7, 11) is 1.83. The van der Waals surface area contributed by atoms with E-state index in [1.54, 1.807) is 23.7 Å². The first-order chi connectivity index (χ1) is 17.7. The summed E-state index contributed by atoms with van der Waals surface area (Å²) < 4.78 is 32.3. The average molecular weight is 505 g/mol. The fourth-order valence-corrected chi connectivity index (χ4v) is 5.41. The molecule has 2 aromatic heterocycles. The number of nitrogens with zero attached hydrogens (tertiary/aromatic N) is 3. The molecule has 1 N–H and O–H groups in total. The SMILES string of the molecule is Cc1nn(C)c(C)c1Cn1c(C)c(C(=O)N[C@H](c2cccc(F)c2)C2CCC2)c2cccc(F)c2c1=O. The molecule has 0 aliphatic heterocycles. The van der Waals surface area contributed by atoms with E-state index in [1.807, 2.05) is 27.0 Å². The standard InChI is InChI=1S/C29H30F2N4O2/c1-16-23(17(2)34(4)33-16)15-35-18(3)25(22-12-7-13-24(31)26(22)29(35)37)28(36)32-27(19-8-5-9-19)20-10-6-11-21(30)14-20/h6-7,10-14,19,27H,5,8-9,15H2,1-4H3,(H,32,36)/t27-/m0/s1. The molecular weight excluding hydrogens is 474 g/mol. The van der Waals surface area contributed by atoms with Crippen molar-refractivity contribution in [3.63, 3.8) is 0 Å². The molecule has 1 atom stereocenters. The van der Waals surface area contributed by atoms with Crippen LogP contribution in [0.2, 0.25) is 0 Å². The number of pyridine rings is 1. The Hall–Kier alpha value is -3.81. The molecule has 0 bridgehead atoms. The molecule has 0 spiro atoms. The second-order valence-electron chi connectivity index (χ2n) is 9.98. The van der Waals surface area contributed by atoms with Gasteiger partial charge in [0, 0.05) is 29.4 Å². The lowest BCUT2D eigenvalue weighted by Crippen LogP contribution is -2.38. The molecule has 0 unspecified atom stereocenters. The minimum absolute atomic E-state index is 0.122. The quantitative estimate of drug-likeness (QED) is 0.390. The van der Waals surface area contributed by atoms with Gasteiger partial charge < -0.3 is 9.88 Å². The van der Waals surface area contributed by atoms with Crippen LogP contribution < -0.4 is 10.9 Å². The van der Waals surface area contributed by atoms with Crippen LogP contribution in [0.3, 0.4) is 0 Å². The third kappa shape index (κ3) is 4.34. The zero-order valence-electron chi connectivity index (χ0n) is 21.4. The van der Waals surface area contributed by atoms with E-state index in [0.29, 0.717) is 11.3 Å². The number of halogens is 2. The largest absolute Gasteiger partial charge is 0.345 e.